The Bertz CT molecular complexity index is 1650. The fourth-order valence-electron chi connectivity index (χ4n) is 4.79. The first kappa shape index (κ1) is 33.2. The van der Waals surface area contributed by atoms with Crippen LogP contribution >= 0.6 is 0 Å². The van der Waals surface area contributed by atoms with Gasteiger partial charge in [0.2, 0.25) is 0 Å². The molecule has 43 heavy (non-hydrogen) atoms. The van der Waals surface area contributed by atoms with Crippen LogP contribution in [0.2, 0.25) is 0 Å². The van der Waals surface area contributed by atoms with E-state index in [1.54, 1.807) is 13.8 Å². The zero-order valence-corrected chi connectivity index (χ0v) is 26.6. The van der Waals surface area contributed by atoms with Gasteiger partial charge in [-0.25, -0.2) is 0 Å². The quantitative estimate of drug-likeness (QED) is 0.162. The fourth-order valence-corrected chi connectivity index (χ4v) is 4.79. The standard InChI is InChI=1S/C20H25NO2.C17H19NO2/c1-13(19(22)23-20(3,4)5)10-15-6-7-16-8-9-17(14(2)21)12-18(16)11-15;1-11(17(19)20-3)8-13-4-5-14-6-7-15(12(2)18)10-16(14)9-13/h6-9,11-13,21H,10H2,1-5H3;4-7,9-11,18H,8H2,1-3H3. The van der Waals surface area contributed by atoms with E-state index < -0.39 is 5.60 Å². The van der Waals surface area contributed by atoms with Crippen molar-refractivity contribution in [1.82, 2.24) is 0 Å². The van der Waals surface area contributed by atoms with Crippen LogP contribution in [-0.2, 0) is 31.9 Å². The molecular formula is C37H44N2O4. The number of esters is 2. The zero-order valence-electron chi connectivity index (χ0n) is 26.6. The summed E-state index contributed by atoms with van der Waals surface area (Å²) in [6.07, 6.45) is 1.31. The molecule has 0 spiro atoms. The van der Waals surface area contributed by atoms with E-state index >= 15 is 0 Å². The fraction of sp³-hybridized carbons (Fsp3) is 0.351. The number of nitrogens with one attached hydrogen (secondary N) is 2. The zero-order chi connectivity index (χ0) is 31.9. The van der Waals surface area contributed by atoms with E-state index in [1.807, 2.05) is 77.1 Å². The van der Waals surface area contributed by atoms with Crippen molar-refractivity contribution in [3.63, 3.8) is 0 Å². The van der Waals surface area contributed by atoms with Crippen LogP contribution in [-0.4, -0.2) is 36.1 Å². The molecule has 0 saturated carbocycles. The Morgan fingerprint density at radius 3 is 1.42 bits per heavy atom. The third-order valence-electron chi connectivity index (χ3n) is 7.17. The van der Waals surface area contributed by atoms with Crippen molar-refractivity contribution in [2.24, 2.45) is 11.8 Å². The molecule has 0 saturated heterocycles. The number of ether oxygens (including phenoxy) is 2. The van der Waals surface area contributed by atoms with Gasteiger partial charge in [0.05, 0.1) is 18.9 Å². The van der Waals surface area contributed by atoms with E-state index in [2.05, 4.69) is 30.3 Å². The van der Waals surface area contributed by atoms with Crippen molar-refractivity contribution in [1.29, 1.82) is 10.8 Å². The molecule has 4 aromatic rings. The molecule has 4 rings (SSSR count). The second kappa shape index (κ2) is 14.2. The third kappa shape index (κ3) is 9.60. The van der Waals surface area contributed by atoms with Gasteiger partial charge in [-0.2, -0.15) is 0 Å². The monoisotopic (exact) mass is 580 g/mol. The Kier molecular flexibility index (Phi) is 11.0. The van der Waals surface area contributed by atoms with E-state index in [4.69, 9.17) is 20.3 Å². The van der Waals surface area contributed by atoms with Crippen LogP contribution in [0.4, 0.5) is 0 Å². The molecule has 0 amide bonds. The molecule has 6 heteroatoms. The highest BCUT2D eigenvalue weighted by Gasteiger charge is 2.22. The lowest BCUT2D eigenvalue weighted by molar-refractivity contribution is -0.159. The number of hydrogen-bond donors (Lipinski definition) is 2. The van der Waals surface area contributed by atoms with Crippen LogP contribution < -0.4 is 0 Å². The average molecular weight is 581 g/mol. The largest absolute Gasteiger partial charge is 0.469 e. The number of methoxy groups -OCH3 is 1. The van der Waals surface area contributed by atoms with E-state index in [0.717, 1.165) is 43.8 Å². The summed E-state index contributed by atoms with van der Waals surface area (Å²) in [5, 5.41) is 19.9. The summed E-state index contributed by atoms with van der Waals surface area (Å²) in [6.45, 7) is 13.0. The Balaban J connectivity index is 0.000000238. The van der Waals surface area contributed by atoms with Crippen molar-refractivity contribution in [3.05, 3.63) is 95.1 Å². The van der Waals surface area contributed by atoms with Crippen molar-refractivity contribution >= 4 is 44.9 Å². The number of fused-ring (bicyclic) bond motifs is 2. The van der Waals surface area contributed by atoms with Crippen LogP contribution in [0.5, 0.6) is 0 Å². The number of benzene rings is 4. The van der Waals surface area contributed by atoms with Gasteiger partial charge in [0.25, 0.3) is 0 Å². The smallest absolute Gasteiger partial charge is 0.309 e. The lowest BCUT2D eigenvalue weighted by Crippen LogP contribution is -2.28. The SMILES string of the molecule is CC(=N)c1ccc2ccc(CC(C)C(=O)OC(C)(C)C)cc2c1.COC(=O)C(C)Cc1ccc2ccc(C(C)=N)cc2c1. The molecule has 2 atom stereocenters. The number of carbonyl (C=O) groups is 2. The Morgan fingerprint density at radius 2 is 1.05 bits per heavy atom. The summed E-state index contributed by atoms with van der Waals surface area (Å²) in [5.41, 5.74) is 4.72. The highest BCUT2D eigenvalue weighted by atomic mass is 16.6. The minimum absolute atomic E-state index is 0.148. The number of hydrogen-bond acceptors (Lipinski definition) is 6. The Hall–Kier alpha value is -4.32. The third-order valence-corrected chi connectivity index (χ3v) is 7.17. The lowest BCUT2D eigenvalue weighted by atomic mass is 9.97. The summed E-state index contributed by atoms with van der Waals surface area (Å²) in [7, 11) is 1.42. The molecule has 2 unspecified atom stereocenters. The molecule has 0 fully saturated rings. The van der Waals surface area contributed by atoms with Gasteiger partial charge in [0.15, 0.2) is 0 Å². The lowest BCUT2D eigenvalue weighted by Gasteiger charge is -2.22. The Labute approximate surface area is 255 Å². The molecule has 0 bridgehead atoms. The number of rotatable bonds is 8. The minimum Gasteiger partial charge on any atom is -0.469 e. The molecule has 0 aliphatic carbocycles. The first-order chi connectivity index (χ1) is 20.2. The van der Waals surface area contributed by atoms with E-state index in [1.165, 1.54) is 7.11 Å². The van der Waals surface area contributed by atoms with Crippen LogP contribution in [0, 0.1) is 22.7 Å². The van der Waals surface area contributed by atoms with Gasteiger partial charge in [-0.1, -0.05) is 74.5 Å². The van der Waals surface area contributed by atoms with E-state index in [9.17, 15) is 9.59 Å². The summed E-state index contributed by atoms with van der Waals surface area (Å²) in [5.74, 6) is -0.680. The van der Waals surface area contributed by atoms with Gasteiger partial charge < -0.3 is 20.3 Å². The average Bonchev–Trinajstić information content (AvgIpc) is 2.95. The van der Waals surface area contributed by atoms with Gasteiger partial charge in [-0.3, -0.25) is 9.59 Å². The molecule has 226 valence electrons. The molecule has 6 nitrogen and oxygen atoms in total. The van der Waals surface area contributed by atoms with Gasteiger partial charge >= 0.3 is 11.9 Å². The number of carbonyl (C=O) groups excluding carboxylic acids is 2. The summed E-state index contributed by atoms with van der Waals surface area (Å²) in [4.78, 5) is 23.6. The van der Waals surface area contributed by atoms with Crippen LogP contribution in [0.3, 0.4) is 0 Å². The van der Waals surface area contributed by atoms with Crippen LogP contribution in [0.1, 0.15) is 70.7 Å². The first-order valence-electron chi connectivity index (χ1n) is 14.6. The molecule has 0 aliphatic heterocycles. The molecule has 4 aromatic carbocycles. The van der Waals surface area contributed by atoms with Gasteiger partial charge in [0.1, 0.15) is 5.60 Å². The van der Waals surface area contributed by atoms with Crippen molar-refractivity contribution in [2.75, 3.05) is 7.11 Å². The predicted molar refractivity (Wildman–Crippen MR) is 176 cm³/mol. The van der Waals surface area contributed by atoms with Gasteiger partial charge in [-0.05, 0) is 103 Å². The van der Waals surface area contributed by atoms with Crippen molar-refractivity contribution < 1.29 is 19.1 Å². The second-order valence-corrected chi connectivity index (χ2v) is 12.3. The van der Waals surface area contributed by atoms with Crippen LogP contribution in [0.25, 0.3) is 21.5 Å². The maximum Gasteiger partial charge on any atom is 0.309 e. The van der Waals surface area contributed by atoms with Crippen molar-refractivity contribution in [3.8, 4) is 0 Å². The summed E-state index contributed by atoms with van der Waals surface area (Å²) < 4.78 is 10.2. The molecule has 0 aromatic heterocycles. The molecule has 0 aliphatic rings. The van der Waals surface area contributed by atoms with E-state index in [0.29, 0.717) is 24.3 Å². The maximum absolute atomic E-state index is 12.1. The molecule has 0 radical (unpaired) electrons. The van der Waals surface area contributed by atoms with Gasteiger partial charge in [0, 0.05) is 11.4 Å². The second-order valence-electron chi connectivity index (χ2n) is 12.3. The normalized spacial score (nSPS) is 12.6. The van der Waals surface area contributed by atoms with Crippen molar-refractivity contribution in [2.45, 2.75) is 66.9 Å². The maximum atomic E-state index is 12.1. The van der Waals surface area contributed by atoms with Crippen LogP contribution in [0.15, 0.2) is 72.8 Å². The summed E-state index contributed by atoms with van der Waals surface area (Å²) >= 11 is 0. The molecular weight excluding hydrogens is 536 g/mol. The first-order valence-corrected chi connectivity index (χ1v) is 14.6. The molecule has 2 N–H and O–H groups in total. The van der Waals surface area contributed by atoms with E-state index in [-0.39, 0.29) is 23.8 Å². The highest BCUT2D eigenvalue weighted by Crippen LogP contribution is 2.22. The topological polar surface area (TPSA) is 100 Å². The molecule has 0 heterocycles. The summed E-state index contributed by atoms with van der Waals surface area (Å²) in [6, 6.07) is 24.4. The minimum atomic E-state index is -0.453. The van der Waals surface area contributed by atoms with Gasteiger partial charge in [-0.15, -0.1) is 0 Å². The Morgan fingerprint density at radius 1 is 0.651 bits per heavy atom. The highest BCUT2D eigenvalue weighted by molar-refractivity contribution is 6.01. The predicted octanol–water partition coefficient (Wildman–Crippen LogP) is 8.33.